The maximum absolute atomic E-state index is 5.14. The average Bonchev–Trinajstić information content (AvgIpc) is 3.53. The van der Waals surface area contributed by atoms with Gasteiger partial charge in [-0.15, -0.1) is 11.3 Å². The van der Waals surface area contributed by atoms with Crippen molar-refractivity contribution in [3.63, 3.8) is 0 Å². The summed E-state index contributed by atoms with van der Waals surface area (Å²) in [5.41, 5.74) is 7.69. The summed E-state index contributed by atoms with van der Waals surface area (Å²) in [6, 6.07) is 57.5. The minimum atomic E-state index is 0.655. The molecule has 0 spiro atoms. The highest BCUT2D eigenvalue weighted by atomic mass is 32.1. The predicted molar refractivity (Wildman–Crippen MR) is 197 cm³/mol. The fourth-order valence-corrected chi connectivity index (χ4v) is 7.56. The van der Waals surface area contributed by atoms with Crippen LogP contribution in [0.25, 0.3) is 87.4 Å². The number of rotatable bonds is 5. The first-order chi connectivity index (χ1) is 23.3. The Kier molecular flexibility index (Phi) is 6.65. The van der Waals surface area contributed by atoms with E-state index in [0.717, 1.165) is 27.6 Å². The van der Waals surface area contributed by atoms with Crippen LogP contribution in [0.3, 0.4) is 0 Å². The topological polar surface area (TPSA) is 38.7 Å². The number of hydrogen-bond acceptors (Lipinski definition) is 4. The van der Waals surface area contributed by atoms with E-state index in [1.807, 2.05) is 6.07 Å². The van der Waals surface area contributed by atoms with Crippen molar-refractivity contribution in [1.29, 1.82) is 0 Å². The Bertz CT molecular complexity index is 2550. The molecule has 4 heteroatoms. The van der Waals surface area contributed by atoms with E-state index >= 15 is 0 Å². The Balaban J connectivity index is 1.22. The van der Waals surface area contributed by atoms with E-state index in [9.17, 15) is 0 Å². The molecule has 0 saturated carbocycles. The molecule has 0 unspecified atom stereocenters. The van der Waals surface area contributed by atoms with E-state index < -0.39 is 0 Å². The Labute approximate surface area is 276 Å². The average molecular weight is 618 g/mol. The lowest BCUT2D eigenvalue weighted by molar-refractivity contribution is 1.08. The van der Waals surface area contributed by atoms with Crippen LogP contribution in [-0.4, -0.2) is 15.0 Å². The van der Waals surface area contributed by atoms with Crippen molar-refractivity contribution in [2.45, 2.75) is 0 Å². The van der Waals surface area contributed by atoms with Crippen molar-refractivity contribution in [2.24, 2.45) is 0 Å². The zero-order valence-electron chi connectivity index (χ0n) is 25.3. The third kappa shape index (κ3) is 5.05. The molecule has 2 aromatic heterocycles. The van der Waals surface area contributed by atoms with Crippen molar-refractivity contribution in [3.8, 4) is 56.4 Å². The smallest absolute Gasteiger partial charge is 0.165 e. The maximum Gasteiger partial charge on any atom is 0.165 e. The zero-order valence-corrected chi connectivity index (χ0v) is 26.2. The molecule has 0 fully saturated rings. The lowest BCUT2D eigenvalue weighted by Gasteiger charge is -2.10. The SMILES string of the molecule is c1ccc(-c2ccc(-c3nc(-c4ccc5ccccc5c4)nc(-c4cccc5c4sc4cc(-c6ccccc6)ccc45)n3)cc2)cc1. The van der Waals surface area contributed by atoms with Gasteiger partial charge in [0, 0.05) is 36.9 Å². The number of fused-ring (bicyclic) bond motifs is 4. The van der Waals surface area contributed by atoms with Crippen LogP contribution < -0.4 is 0 Å². The van der Waals surface area contributed by atoms with Crippen LogP contribution in [0.2, 0.25) is 0 Å². The Morgan fingerprint density at radius 3 is 1.68 bits per heavy atom. The summed E-state index contributed by atoms with van der Waals surface area (Å²) >= 11 is 1.80. The maximum atomic E-state index is 5.14. The minimum Gasteiger partial charge on any atom is -0.208 e. The third-order valence-corrected chi connectivity index (χ3v) is 9.94. The summed E-state index contributed by atoms with van der Waals surface area (Å²) in [4.78, 5) is 15.3. The zero-order chi connectivity index (χ0) is 31.2. The van der Waals surface area contributed by atoms with E-state index in [2.05, 4.69) is 158 Å². The highest BCUT2D eigenvalue weighted by Gasteiger charge is 2.17. The Morgan fingerprint density at radius 2 is 0.915 bits per heavy atom. The van der Waals surface area contributed by atoms with Crippen molar-refractivity contribution in [2.75, 3.05) is 0 Å². The molecule has 9 aromatic rings. The summed E-state index contributed by atoms with van der Waals surface area (Å²) in [5.74, 6) is 1.99. The third-order valence-electron chi connectivity index (χ3n) is 8.74. The van der Waals surface area contributed by atoms with Crippen LogP contribution in [-0.2, 0) is 0 Å². The summed E-state index contributed by atoms with van der Waals surface area (Å²) in [7, 11) is 0. The molecule has 0 bridgehead atoms. The number of thiophene rings is 1. The highest BCUT2D eigenvalue weighted by molar-refractivity contribution is 7.26. The van der Waals surface area contributed by atoms with Crippen molar-refractivity contribution in [3.05, 3.63) is 164 Å². The van der Waals surface area contributed by atoms with Crippen LogP contribution >= 0.6 is 11.3 Å². The molecule has 0 amide bonds. The molecule has 0 saturated heterocycles. The molecule has 0 aliphatic rings. The van der Waals surface area contributed by atoms with Crippen molar-refractivity contribution >= 4 is 42.3 Å². The number of nitrogens with zero attached hydrogens (tertiary/aromatic N) is 3. The van der Waals surface area contributed by atoms with E-state index in [4.69, 9.17) is 15.0 Å². The Morgan fingerprint density at radius 1 is 0.340 bits per heavy atom. The summed E-state index contributed by atoms with van der Waals surface area (Å²) < 4.78 is 2.42. The molecule has 3 nitrogen and oxygen atoms in total. The first kappa shape index (κ1) is 27.3. The van der Waals surface area contributed by atoms with Gasteiger partial charge in [0.25, 0.3) is 0 Å². The van der Waals surface area contributed by atoms with Gasteiger partial charge in [-0.25, -0.2) is 15.0 Å². The van der Waals surface area contributed by atoms with Crippen molar-refractivity contribution in [1.82, 2.24) is 15.0 Å². The second-order valence-electron chi connectivity index (χ2n) is 11.7. The molecule has 0 aliphatic carbocycles. The lowest BCUT2D eigenvalue weighted by Crippen LogP contribution is -2.00. The van der Waals surface area contributed by atoms with E-state index in [1.165, 1.54) is 42.2 Å². The molecule has 220 valence electrons. The number of hydrogen-bond donors (Lipinski definition) is 0. The van der Waals surface area contributed by atoms with Crippen LogP contribution in [0.1, 0.15) is 0 Å². The van der Waals surface area contributed by atoms with Crippen LogP contribution in [0.15, 0.2) is 164 Å². The molecule has 0 N–H and O–H groups in total. The van der Waals surface area contributed by atoms with Gasteiger partial charge >= 0.3 is 0 Å². The van der Waals surface area contributed by atoms with Gasteiger partial charge in [-0.1, -0.05) is 146 Å². The molecule has 47 heavy (non-hydrogen) atoms. The van der Waals surface area contributed by atoms with Gasteiger partial charge < -0.3 is 0 Å². The normalized spacial score (nSPS) is 11.4. The number of benzene rings is 7. The quantitative estimate of drug-likeness (QED) is 0.193. The van der Waals surface area contributed by atoms with Gasteiger partial charge in [0.05, 0.1) is 0 Å². The lowest BCUT2D eigenvalue weighted by atomic mass is 10.0. The van der Waals surface area contributed by atoms with Gasteiger partial charge in [0.2, 0.25) is 0 Å². The summed E-state index contributed by atoms with van der Waals surface area (Å²) in [6.07, 6.45) is 0. The van der Waals surface area contributed by atoms with Gasteiger partial charge in [-0.2, -0.15) is 0 Å². The van der Waals surface area contributed by atoms with E-state index in [1.54, 1.807) is 11.3 Å². The standard InChI is InChI=1S/C43H27N3S/c1-3-10-28(11-4-1)31-18-21-32(22-19-31)41-44-42(35-23-20-30-14-7-8-15-33(30)26-35)46-43(45-41)38-17-9-16-37-36-25-24-34(27-39(36)47-40(37)38)29-12-5-2-6-13-29/h1-27H. The molecular formula is C43H27N3S. The molecule has 9 rings (SSSR count). The molecule has 0 aliphatic heterocycles. The second-order valence-corrected chi connectivity index (χ2v) is 12.7. The summed E-state index contributed by atoms with van der Waals surface area (Å²) in [6.45, 7) is 0. The van der Waals surface area contributed by atoms with Gasteiger partial charge in [0.1, 0.15) is 0 Å². The van der Waals surface area contributed by atoms with Crippen LogP contribution in [0, 0.1) is 0 Å². The van der Waals surface area contributed by atoms with Gasteiger partial charge in [0.15, 0.2) is 17.5 Å². The largest absolute Gasteiger partial charge is 0.208 e. The van der Waals surface area contributed by atoms with E-state index in [0.29, 0.717) is 17.5 Å². The van der Waals surface area contributed by atoms with Gasteiger partial charge in [-0.05, 0) is 51.2 Å². The molecule has 0 radical (unpaired) electrons. The minimum absolute atomic E-state index is 0.655. The monoisotopic (exact) mass is 617 g/mol. The first-order valence-corrected chi connectivity index (χ1v) is 16.5. The Hall–Kier alpha value is -5.97. The summed E-state index contributed by atoms with van der Waals surface area (Å²) in [5, 5.41) is 4.80. The fraction of sp³-hybridized carbons (Fsp3) is 0. The van der Waals surface area contributed by atoms with Gasteiger partial charge in [-0.3, -0.25) is 0 Å². The van der Waals surface area contributed by atoms with Crippen molar-refractivity contribution < 1.29 is 0 Å². The second kappa shape index (κ2) is 11.4. The number of aromatic nitrogens is 3. The molecular weight excluding hydrogens is 591 g/mol. The highest BCUT2D eigenvalue weighted by Crippen LogP contribution is 2.41. The molecule has 2 heterocycles. The molecule has 0 atom stereocenters. The first-order valence-electron chi connectivity index (χ1n) is 15.7. The van der Waals surface area contributed by atoms with Crippen LogP contribution in [0.5, 0.6) is 0 Å². The predicted octanol–water partition coefficient (Wildman–Crippen LogP) is 11.7. The fourth-order valence-electron chi connectivity index (χ4n) is 6.31. The molecule has 7 aromatic carbocycles. The van der Waals surface area contributed by atoms with E-state index in [-0.39, 0.29) is 0 Å². The van der Waals surface area contributed by atoms with Crippen LogP contribution in [0.4, 0.5) is 0 Å².